The predicted octanol–water partition coefficient (Wildman–Crippen LogP) is 3.43. The minimum absolute atomic E-state index is 0.141. The summed E-state index contributed by atoms with van der Waals surface area (Å²) < 4.78 is 0. The van der Waals surface area contributed by atoms with Crippen LogP contribution < -0.4 is 10.6 Å². The van der Waals surface area contributed by atoms with Gasteiger partial charge >= 0.3 is 5.97 Å². The summed E-state index contributed by atoms with van der Waals surface area (Å²) in [5.74, 6) is -1.60. The van der Waals surface area contributed by atoms with E-state index in [4.69, 9.17) is 33.6 Å². The maximum Gasteiger partial charge on any atom is 0.326 e. The molecule has 1 rings (SSSR count). The summed E-state index contributed by atoms with van der Waals surface area (Å²) in [6.45, 7) is 3.76. The van der Waals surface area contributed by atoms with Gasteiger partial charge in [0.2, 0.25) is 0 Å². The van der Waals surface area contributed by atoms with E-state index in [1.807, 2.05) is 13.8 Å². The molecule has 0 aromatic heterocycles. The minimum Gasteiger partial charge on any atom is -0.480 e. The van der Waals surface area contributed by atoms with Crippen molar-refractivity contribution < 1.29 is 14.7 Å². The average Bonchev–Trinajstić information content (AvgIpc) is 2.49. The molecule has 0 saturated heterocycles. The Balaban J connectivity index is 2.83. The number of nitrogens with zero attached hydrogens (tertiary/aromatic N) is 1. The lowest BCUT2D eigenvalue weighted by atomic mass is 10.0. The Morgan fingerprint density at radius 3 is 2.50 bits per heavy atom. The highest BCUT2D eigenvalue weighted by atomic mass is 35.5. The Labute approximate surface area is 150 Å². The molecule has 1 aromatic carbocycles. The largest absolute Gasteiger partial charge is 0.480 e. The molecule has 0 aliphatic rings. The number of benzene rings is 1. The molecule has 1 amide bonds. The standard InChI is InChI=1S/C16H17Cl2N3O3/c1-9(2)5-14(16(23)24)20-8-10(7-19)15(22)21-11-3-4-12(17)13(18)6-11/h3-4,6,8-9,14,20H,5H2,1-2H3,(H,21,22)(H,23,24)/b10-8-. The number of amides is 1. The molecule has 0 spiro atoms. The Bertz CT molecular complexity index is 696. The van der Waals surface area contributed by atoms with Gasteiger partial charge in [-0.1, -0.05) is 37.0 Å². The molecule has 1 unspecified atom stereocenters. The first-order chi connectivity index (χ1) is 11.2. The van der Waals surface area contributed by atoms with E-state index in [-0.39, 0.29) is 16.5 Å². The topological polar surface area (TPSA) is 102 Å². The highest BCUT2D eigenvalue weighted by molar-refractivity contribution is 6.42. The summed E-state index contributed by atoms with van der Waals surface area (Å²) >= 11 is 11.6. The number of nitriles is 1. The molecule has 24 heavy (non-hydrogen) atoms. The molecule has 0 saturated carbocycles. The van der Waals surface area contributed by atoms with E-state index in [1.165, 1.54) is 18.2 Å². The van der Waals surface area contributed by atoms with E-state index in [0.29, 0.717) is 17.1 Å². The van der Waals surface area contributed by atoms with Gasteiger partial charge in [-0.15, -0.1) is 0 Å². The Morgan fingerprint density at radius 1 is 1.33 bits per heavy atom. The summed E-state index contributed by atoms with van der Waals surface area (Å²) in [6, 6.07) is 5.34. The molecule has 0 fully saturated rings. The number of anilines is 1. The molecule has 0 aliphatic heterocycles. The van der Waals surface area contributed by atoms with Crippen molar-refractivity contribution in [3.63, 3.8) is 0 Å². The zero-order chi connectivity index (χ0) is 18.3. The minimum atomic E-state index is -1.05. The van der Waals surface area contributed by atoms with Crippen LogP contribution in [0.15, 0.2) is 30.0 Å². The molecule has 0 heterocycles. The molecular formula is C16H17Cl2N3O3. The third-order valence-corrected chi connectivity index (χ3v) is 3.72. The van der Waals surface area contributed by atoms with Crippen LogP contribution in [0.2, 0.25) is 10.0 Å². The van der Waals surface area contributed by atoms with Crippen molar-refractivity contribution in [2.75, 3.05) is 5.32 Å². The monoisotopic (exact) mass is 369 g/mol. The van der Waals surface area contributed by atoms with Crippen molar-refractivity contribution >= 4 is 40.8 Å². The molecule has 6 nitrogen and oxygen atoms in total. The fourth-order valence-electron chi connectivity index (χ4n) is 1.82. The van der Waals surface area contributed by atoms with Crippen LogP contribution in [0.25, 0.3) is 0 Å². The fourth-order valence-corrected chi connectivity index (χ4v) is 2.11. The van der Waals surface area contributed by atoms with Gasteiger partial charge in [0.1, 0.15) is 17.7 Å². The predicted molar refractivity (Wildman–Crippen MR) is 92.8 cm³/mol. The van der Waals surface area contributed by atoms with E-state index in [0.717, 1.165) is 6.20 Å². The number of nitrogens with one attached hydrogen (secondary N) is 2. The molecular weight excluding hydrogens is 353 g/mol. The second-order valence-corrected chi connectivity index (χ2v) is 6.25. The molecule has 0 bridgehead atoms. The van der Waals surface area contributed by atoms with E-state index in [1.54, 1.807) is 6.07 Å². The van der Waals surface area contributed by atoms with Crippen molar-refractivity contribution in [1.29, 1.82) is 5.26 Å². The van der Waals surface area contributed by atoms with Crippen molar-refractivity contribution in [3.8, 4) is 6.07 Å². The lowest BCUT2D eigenvalue weighted by Gasteiger charge is -2.15. The smallest absolute Gasteiger partial charge is 0.326 e. The van der Waals surface area contributed by atoms with Gasteiger partial charge in [0.25, 0.3) is 5.91 Å². The van der Waals surface area contributed by atoms with Crippen LogP contribution in [-0.4, -0.2) is 23.0 Å². The first-order valence-corrected chi connectivity index (χ1v) is 7.85. The number of carboxylic acid groups (broad SMARTS) is 1. The van der Waals surface area contributed by atoms with Crippen LogP contribution in [0.3, 0.4) is 0 Å². The Morgan fingerprint density at radius 2 is 2.00 bits per heavy atom. The van der Waals surface area contributed by atoms with Crippen LogP contribution in [-0.2, 0) is 9.59 Å². The fraction of sp³-hybridized carbons (Fsp3) is 0.312. The average molecular weight is 370 g/mol. The summed E-state index contributed by atoms with van der Waals surface area (Å²) in [7, 11) is 0. The van der Waals surface area contributed by atoms with E-state index in [2.05, 4.69) is 10.6 Å². The molecule has 0 aliphatic carbocycles. The third-order valence-electron chi connectivity index (χ3n) is 2.98. The van der Waals surface area contributed by atoms with E-state index >= 15 is 0 Å². The second-order valence-electron chi connectivity index (χ2n) is 5.44. The van der Waals surface area contributed by atoms with Crippen LogP contribution in [0, 0.1) is 17.2 Å². The van der Waals surface area contributed by atoms with Gasteiger partial charge in [0, 0.05) is 11.9 Å². The van der Waals surface area contributed by atoms with E-state index in [9.17, 15) is 9.59 Å². The SMILES string of the molecule is CC(C)CC(N/C=C(/C#N)C(=O)Nc1ccc(Cl)c(Cl)c1)C(=O)O. The van der Waals surface area contributed by atoms with Crippen LogP contribution >= 0.6 is 23.2 Å². The normalized spacial score (nSPS) is 12.4. The molecule has 3 N–H and O–H groups in total. The van der Waals surface area contributed by atoms with Gasteiger partial charge in [-0.2, -0.15) is 5.26 Å². The first kappa shape index (κ1) is 19.8. The maximum atomic E-state index is 12.1. The highest BCUT2D eigenvalue weighted by Gasteiger charge is 2.18. The van der Waals surface area contributed by atoms with Crippen LogP contribution in [0.4, 0.5) is 5.69 Å². The van der Waals surface area contributed by atoms with Crippen molar-refractivity contribution in [2.45, 2.75) is 26.3 Å². The third kappa shape index (κ3) is 6.11. The van der Waals surface area contributed by atoms with Crippen LogP contribution in [0.1, 0.15) is 20.3 Å². The zero-order valence-electron chi connectivity index (χ0n) is 13.1. The highest BCUT2D eigenvalue weighted by Crippen LogP contribution is 2.25. The summed E-state index contributed by atoms with van der Waals surface area (Å²) in [5.41, 5.74) is 0.114. The Hall–Kier alpha value is -2.23. The number of carbonyl (C=O) groups is 2. The van der Waals surface area contributed by atoms with Gasteiger partial charge < -0.3 is 15.7 Å². The van der Waals surface area contributed by atoms with Gasteiger partial charge in [0.05, 0.1) is 10.0 Å². The number of hydrogen-bond donors (Lipinski definition) is 3. The van der Waals surface area contributed by atoms with Crippen molar-refractivity contribution in [2.24, 2.45) is 5.92 Å². The number of carbonyl (C=O) groups excluding carboxylic acids is 1. The molecule has 1 aromatic rings. The van der Waals surface area contributed by atoms with E-state index < -0.39 is 17.9 Å². The number of carboxylic acids is 1. The number of halogens is 2. The molecule has 128 valence electrons. The molecule has 0 radical (unpaired) electrons. The summed E-state index contributed by atoms with van der Waals surface area (Å²) in [5, 5.41) is 23.9. The number of aliphatic carboxylic acids is 1. The van der Waals surface area contributed by atoms with Gasteiger partial charge in [-0.3, -0.25) is 4.79 Å². The van der Waals surface area contributed by atoms with Gasteiger partial charge in [-0.25, -0.2) is 4.79 Å². The zero-order valence-corrected chi connectivity index (χ0v) is 14.6. The van der Waals surface area contributed by atoms with Crippen LogP contribution in [0.5, 0.6) is 0 Å². The summed E-state index contributed by atoms with van der Waals surface area (Å²) in [6.07, 6.45) is 1.47. The van der Waals surface area contributed by atoms with Gasteiger partial charge in [-0.05, 0) is 30.5 Å². The Kier molecular flexibility index (Phi) is 7.56. The molecule has 1 atom stereocenters. The maximum absolute atomic E-state index is 12.1. The number of rotatable bonds is 7. The lowest BCUT2D eigenvalue weighted by molar-refractivity contribution is -0.139. The van der Waals surface area contributed by atoms with Crippen molar-refractivity contribution in [1.82, 2.24) is 5.32 Å². The number of hydrogen-bond acceptors (Lipinski definition) is 4. The van der Waals surface area contributed by atoms with Gasteiger partial charge in [0.15, 0.2) is 0 Å². The van der Waals surface area contributed by atoms with Crippen molar-refractivity contribution in [3.05, 3.63) is 40.0 Å². The summed E-state index contributed by atoms with van der Waals surface area (Å²) in [4.78, 5) is 23.2. The first-order valence-electron chi connectivity index (χ1n) is 7.10. The second kappa shape index (κ2) is 9.16. The lowest BCUT2D eigenvalue weighted by Crippen LogP contribution is -2.35. The molecule has 8 heteroatoms. The quantitative estimate of drug-likeness (QED) is 0.504.